The van der Waals surface area contributed by atoms with Crippen molar-refractivity contribution in [3.63, 3.8) is 0 Å². The lowest BCUT2D eigenvalue weighted by atomic mass is 9.98. The zero-order valence-corrected chi connectivity index (χ0v) is 10.2. The maximum absolute atomic E-state index is 11.6. The lowest BCUT2D eigenvalue weighted by molar-refractivity contribution is -0.135. The van der Waals surface area contributed by atoms with E-state index in [0.717, 1.165) is 25.9 Å². The van der Waals surface area contributed by atoms with Crippen LogP contribution in [0.2, 0.25) is 0 Å². The van der Waals surface area contributed by atoms with Gasteiger partial charge in [-0.1, -0.05) is 6.92 Å². The van der Waals surface area contributed by atoms with Gasteiger partial charge in [0.05, 0.1) is 12.1 Å². The highest BCUT2D eigenvalue weighted by molar-refractivity contribution is 6.00. The fourth-order valence-electron chi connectivity index (χ4n) is 2.45. The third-order valence-corrected chi connectivity index (χ3v) is 3.50. The number of imide groups is 1. The predicted molar refractivity (Wildman–Crippen MR) is 62.4 cm³/mol. The Kier molecular flexibility index (Phi) is 4.12. The van der Waals surface area contributed by atoms with E-state index in [4.69, 9.17) is 4.74 Å². The number of hydrogen-bond acceptors (Lipinski definition) is 4. The molecule has 3 unspecified atom stereocenters. The summed E-state index contributed by atoms with van der Waals surface area (Å²) >= 11 is 0. The van der Waals surface area contributed by atoms with E-state index in [1.54, 1.807) is 0 Å². The summed E-state index contributed by atoms with van der Waals surface area (Å²) in [5, 5.41) is 5.72. The largest absolute Gasteiger partial charge is 0.378 e. The zero-order valence-electron chi connectivity index (χ0n) is 10.2. The van der Waals surface area contributed by atoms with Crippen molar-refractivity contribution in [1.29, 1.82) is 0 Å². The highest BCUT2D eigenvalue weighted by atomic mass is 16.5. The van der Waals surface area contributed by atoms with Crippen molar-refractivity contribution < 1.29 is 14.3 Å². The van der Waals surface area contributed by atoms with Crippen LogP contribution in [0.1, 0.15) is 39.0 Å². The minimum Gasteiger partial charge on any atom is -0.378 e. The van der Waals surface area contributed by atoms with Gasteiger partial charge < -0.3 is 10.1 Å². The first kappa shape index (κ1) is 12.5. The molecule has 3 atom stereocenters. The van der Waals surface area contributed by atoms with Gasteiger partial charge in [0.25, 0.3) is 0 Å². The number of ether oxygens (including phenoxy) is 1. The number of carbonyl (C=O) groups is 2. The smallest absolute Gasteiger partial charge is 0.243 e. The molecule has 0 bridgehead atoms. The van der Waals surface area contributed by atoms with Gasteiger partial charge in [-0.2, -0.15) is 0 Å². The molecule has 0 aromatic rings. The lowest BCUT2D eigenvalue weighted by Crippen LogP contribution is -2.54. The van der Waals surface area contributed by atoms with Crippen LogP contribution in [0.4, 0.5) is 0 Å². The molecular weight excluding hydrogens is 220 g/mol. The number of amides is 2. The normalized spacial score (nSPS) is 34.5. The molecule has 2 rings (SSSR count). The maximum atomic E-state index is 11.6. The Bertz CT molecular complexity index is 306. The van der Waals surface area contributed by atoms with E-state index in [-0.39, 0.29) is 17.9 Å². The Balaban J connectivity index is 1.83. The molecule has 5 nitrogen and oxygen atoms in total. The molecule has 0 radical (unpaired) electrons. The van der Waals surface area contributed by atoms with E-state index >= 15 is 0 Å². The molecule has 2 aliphatic rings. The van der Waals surface area contributed by atoms with Gasteiger partial charge in [0.2, 0.25) is 11.8 Å². The first-order valence-electron chi connectivity index (χ1n) is 6.40. The Morgan fingerprint density at radius 3 is 2.94 bits per heavy atom. The Morgan fingerprint density at radius 1 is 1.41 bits per heavy atom. The molecule has 2 N–H and O–H groups in total. The minimum atomic E-state index is -0.215. The number of hydrogen-bond donors (Lipinski definition) is 2. The molecule has 17 heavy (non-hydrogen) atoms. The van der Waals surface area contributed by atoms with Crippen molar-refractivity contribution in [2.24, 2.45) is 0 Å². The van der Waals surface area contributed by atoms with Gasteiger partial charge in [-0.05, 0) is 25.7 Å². The van der Waals surface area contributed by atoms with Crippen LogP contribution >= 0.6 is 0 Å². The maximum Gasteiger partial charge on any atom is 0.243 e. The summed E-state index contributed by atoms with van der Waals surface area (Å²) in [6.07, 6.45) is 4.24. The first-order chi connectivity index (χ1) is 8.19. The average molecular weight is 240 g/mol. The second kappa shape index (κ2) is 5.60. The molecule has 0 saturated carbocycles. The van der Waals surface area contributed by atoms with E-state index in [9.17, 15) is 9.59 Å². The van der Waals surface area contributed by atoms with Gasteiger partial charge in [-0.25, -0.2) is 0 Å². The average Bonchev–Trinajstić information content (AvgIpc) is 2.33. The molecule has 0 aliphatic carbocycles. The van der Waals surface area contributed by atoms with Gasteiger partial charge in [0, 0.05) is 19.1 Å². The van der Waals surface area contributed by atoms with Crippen molar-refractivity contribution in [1.82, 2.24) is 10.6 Å². The van der Waals surface area contributed by atoms with Gasteiger partial charge >= 0.3 is 0 Å². The predicted octanol–water partition coefficient (Wildman–Crippen LogP) is 0.339. The summed E-state index contributed by atoms with van der Waals surface area (Å²) in [7, 11) is 0. The molecule has 0 spiro atoms. The molecule has 5 heteroatoms. The number of rotatable bonds is 3. The van der Waals surface area contributed by atoms with Gasteiger partial charge in [-0.15, -0.1) is 0 Å². The summed E-state index contributed by atoms with van der Waals surface area (Å²) in [6, 6.07) is 0.117. The Labute approximate surface area is 101 Å². The molecule has 2 amide bonds. The third kappa shape index (κ3) is 3.26. The van der Waals surface area contributed by atoms with Crippen LogP contribution in [-0.2, 0) is 14.3 Å². The fraction of sp³-hybridized carbons (Fsp3) is 0.833. The summed E-state index contributed by atoms with van der Waals surface area (Å²) in [6.45, 7) is 2.86. The van der Waals surface area contributed by atoms with Crippen LogP contribution in [0.15, 0.2) is 0 Å². The van der Waals surface area contributed by atoms with Crippen LogP contribution in [0.5, 0.6) is 0 Å². The van der Waals surface area contributed by atoms with E-state index in [0.29, 0.717) is 25.0 Å². The SMILES string of the molecule is CCC1CC(NC2CCC(=O)NC2=O)CCO1. The van der Waals surface area contributed by atoms with E-state index < -0.39 is 0 Å². The highest BCUT2D eigenvalue weighted by Gasteiger charge is 2.30. The second-order valence-electron chi connectivity index (χ2n) is 4.79. The Hall–Kier alpha value is -0.940. The fourth-order valence-corrected chi connectivity index (χ4v) is 2.45. The van der Waals surface area contributed by atoms with Crippen LogP contribution in [0, 0.1) is 0 Å². The van der Waals surface area contributed by atoms with Crippen molar-refractivity contribution in [2.75, 3.05) is 6.61 Å². The topological polar surface area (TPSA) is 67.4 Å². The van der Waals surface area contributed by atoms with Crippen molar-refractivity contribution in [2.45, 2.75) is 57.2 Å². The van der Waals surface area contributed by atoms with E-state index in [1.165, 1.54) is 0 Å². The van der Waals surface area contributed by atoms with Gasteiger partial charge in [0.15, 0.2) is 0 Å². The monoisotopic (exact) mass is 240 g/mol. The highest BCUT2D eigenvalue weighted by Crippen LogP contribution is 2.18. The molecule has 0 aromatic heterocycles. The molecule has 0 aromatic carbocycles. The molecule has 2 fully saturated rings. The van der Waals surface area contributed by atoms with Crippen LogP contribution < -0.4 is 10.6 Å². The summed E-state index contributed by atoms with van der Waals surface area (Å²) in [5.41, 5.74) is 0. The quantitative estimate of drug-likeness (QED) is 0.698. The summed E-state index contributed by atoms with van der Waals surface area (Å²) in [5.74, 6) is -0.341. The second-order valence-corrected chi connectivity index (χ2v) is 4.79. The van der Waals surface area contributed by atoms with E-state index in [2.05, 4.69) is 17.6 Å². The van der Waals surface area contributed by atoms with E-state index in [1.807, 2.05) is 0 Å². The van der Waals surface area contributed by atoms with Gasteiger partial charge in [0.1, 0.15) is 0 Å². The first-order valence-corrected chi connectivity index (χ1v) is 6.40. The minimum absolute atomic E-state index is 0.161. The molecule has 96 valence electrons. The number of nitrogens with one attached hydrogen (secondary N) is 2. The van der Waals surface area contributed by atoms with Crippen molar-refractivity contribution in [3.8, 4) is 0 Å². The molecule has 2 saturated heterocycles. The van der Waals surface area contributed by atoms with Crippen LogP contribution in [0.3, 0.4) is 0 Å². The number of carbonyl (C=O) groups excluding carboxylic acids is 2. The Morgan fingerprint density at radius 2 is 2.24 bits per heavy atom. The zero-order chi connectivity index (χ0) is 12.3. The molecular formula is C12H20N2O3. The molecule has 2 aliphatic heterocycles. The summed E-state index contributed by atoms with van der Waals surface area (Å²) < 4.78 is 5.60. The molecule has 2 heterocycles. The summed E-state index contributed by atoms with van der Waals surface area (Å²) in [4.78, 5) is 22.6. The van der Waals surface area contributed by atoms with Crippen molar-refractivity contribution >= 4 is 11.8 Å². The van der Waals surface area contributed by atoms with Crippen LogP contribution in [-0.4, -0.2) is 36.6 Å². The third-order valence-electron chi connectivity index (χ3n) is 3.50. The lowest BCUT2D eigenvalue weighted by Gasteiger charge is -2.33. The van der Waals surface area contributed by atoms with Gasteiger partial charge in [-0.3, -0.25) is 14.9 Å². The van der Waals surface area contributed by atoms with Crippen molar-refractivity contribution in [3.05, 3.63) is 0 Å². The standard InChI is InChI=1S/C12H20N2O3/c1-2-9-7-8(5-6-17-9)13-10-3-4-11(15)14-12(10)16/h8-10,13H,2-7H2,1H3,(H,14,15,16). The van der Waals surface area contributed by atoms with Crippen LogP contribution in [0.25, 0.3) is 0 Å². The number of piperidine rings is 1.